The van der Waals surface area contributed by atoms with Gasteiger partial charge in [0, 0.05) is 18.0 Å². The molecule has 1 rings (SSSR count). The van der Waals surface area contributed by atoms with Crippen LogP contribution in [0.4, 0.5) is 0 Å². The lowest BCUT2D eigenvalue weighted by Gasteiger charge is -2.27. The Morgan fingerprint density at radius 1 is 1.50 bits per heavy atom. The minimum absolute atomic E-state index is 0.345. The minimum atomic E-state index is -0.345. The summed E-state index contributed by atoms with van der Waals surface area (Å²) in [4.78, 5) is 17.7. The van der Waals surface area contributed by atoms with Crippen LogP contribution in [-0.4, -0.2) is 29.7 Å². The van der Waals surface area contributed by atoms with Gasteiger partial charge in [-0.2, -0.15) is 0 Å². The van der Waals surface area contributed by atoms with Crippen molar-refractivity contribution in [3.05, 3.63) is 23.7 Å². The molecule has 1 aliphatic rings. The Morgan fingerprint density at radius 2 is 2.19 bits per heavy atom. The monoisotopic (exact) mass is 222 g/mol. The number of nitrogens with zero attached hydrogens (tertiary/aromatic N) is 2. The van der Waals surface area contributed by atoms with Crippen LogP contribution >= 0.6 is 0 Å². The molecule has 0 aromatic rings. The highest BCUT2D eigenvalue weighted by atomic mass is 16.5. The second-order valence-electron chi connectivity index (χ2n) is 3.54. The third-order valence-electron chi connectivity index (χ3n) is 2.26. The average Bonchev–Trinajstić information content (AvgIpc) is 2.17. The maximum absolute atomic E-state index is 11.4. The SMILES string of the molecule is CCOC(=O)C=C1N=C(C)C=C(C)N1CC. The summed E-state index contributed by atoms with van der Waals surface area (Å²) in [6.07, 6.45) is 3.43. The summed E-state index contributed by atoms with van der Waals surface area (Å²) in [6, 6.07) is 0. The Balaban J connectivity index is 2.94. The van der Waals surface area contributed by atoms with E-state index in [-0.39, 0.29) is 5.97 Å². The number of hydrogen-bond acceptors (Lipinski definition) is 4. The van der Waals surface area contributed by atoms with Gasteiger partial charge in [0.2, 0.25) is 0 Å². The van der Waals surface area contributed by atoms with Crippen molar-refractivity contribution in [1.82, 2.24) is 4.90 Å². The van der Waals surface area contributed by atoms with Gasteiger partial charge in [-0.1, -0.05) is 0 Å². The molecule has 0 aromatic carbocycles. The molecule has 88 valence electrons. The van der Waals surface area contributed by atoms with Crippen molar-refractivity contribution in [3.8, 4) is 0 Å². The maximum Gasteiger partial charge on any atom is 0.334 e. The third-order valence-corrected chi connectivity index (χ3v) is 2.26. The van der Waals surface area contributed by atoms with Gasteiger partial charge in [-0.15, -0.1) is 0 Å². The van der Waals surface area contributed by atoms with Crippen LogP contribution in [0.5, 0.6) is 0 Å². The molecule has 1 heterocycles. The van der Waals surface area contributed by atoms with Gasteiger partial charge >= 0.3 is 5.97 Å². The number of esters is 1. The first-order valence-electron chi connectivity index (χ1n) is 5.48. The zero-order valence-electron chi connectivity index (χ0n) is 10.3. The standard InChI is InChI=1S/C12H18N2O2/c1-5-14-10(4)7-9(3)13-11(14)8-12(15)16-6-2/h7-8H,5-6H2,1-4H3. The quantitative estimate of drug-likeness (QED) is 0.542. The van der Waals surface area contributed by atoms with Crippen LogP contribution in [-0.2, 0) is 9.53 Å². The van der Waals surface area contributed by atoms with E-state index in [9.17, 15) is 4.79 Å². The lowest BCUT2D eigenvalue weighted by molar-refractivity contribution is -0.137. The van der Waals surface area contributed by atoms with Crippen LogP contribution in [0.1, 0.15) is 27.7 Å². The summed E-state index contributed by atoms with van der Waals surface area (Å²) in [5, 5.41) is 0. The normalized spacial score (nSPS) is 18.2. The van der Waals surface area contributed by atoms with E-state index >= 15 is 0 Å². The van der Waals surface area contributed by atoms with Crippen LogP contribution in [0.3, 0.4) is 0 Å². The van der Waals surface area contributed by atoms with Gasteiger partial charge in [-0.3, -0.25) is 0 Å². The predicted octanol–water partition coefficient (Wildman–Crippen LogP) is 2.09. The van der Waals surface area contributed by atoms with E-state index in [0.29, 0.717) is 12.4 Å². The van der Waals surface area contributed by atoms with Gasteiger partial charge in [0.1, 0.15) is 5.82 Å². The molecule has 0 aliphatic carbocycles. The van der Waals surface area contributed by atoms with Gasteiger partial charge in [0.25, 0.3) is 0 Å². The second kappa shape index (κ2) is 5.49. The molecule has 0 saturated carbocycles. The van der Waals surface area contributed by atoms with Crippen LogP contribution in [0.15, 0.2) is 28.7 Å². The minimum Gasteiger partial charge on any atom is -0.463 e. The summed E-state index contributed by atoms with van der Waals surface area (Å²) in [6.45, 7) is 8.88. The van der Waals surface area contributed by atoms with Crippen molar-refractivity contribution in [2.45, 2.75) is 27.7 Å². The summed E-state index contributed by atoms with van der Waals surface area (Å²) < 4.78 is 4.88. The van der Waals surface area contributed by atoms with E-state index in [1.807, 2.05) is 31.7 Å². The van der Waals surface area contributed by atoms with Crippen molar-refractivity contribution in [2.24, 2.45) is 4.99 Å². The van der Waals surface area contributed by atoms with Crippen LogP contribution in [0.25, 0.3) is 0 Å². The van der Waals surface area contributed by atoms with E-state index in [0.717, 1.165) is 18.0 Å². The number of carbonyl (C=O) groups is 1. The summed E-state index contributed by atoms with van der Waals surface area (Å²) in [7, 11) is 0. The number of ether oxygens (including phenoxy) is 1. The number of carbonyl (C=O) groups excluding carboxylic acids is 1. The first-order valence-corrected chi connectivity index (χ1v) is 5.48. The van der Waals surface area contributed by atoms with E-state index < -0.39 is 0 Å². The molecule has 0 N–H and O–H groups in total. The summed E-state index contributed by atoms with van der Waals surface area (Å²) in [5.41, 5.74) is 1.99. The molecule has 0 saturated heterocycles. The molecular weight excluding hydrogens is 204 g/mol. The fourth-order valence-corrected chi connectivity index (χ4v) is 1.65. The molecular formula is C12H18N2O2. The van der Waals surface area contributed by atoms with Crippen LogP contribution < -0.4 is 0 Å². The molecule has 0 atom stereocenters. The molecule has 0 fully saturated rings. The Labute approximate surface area is 96.3 Å². The fraction of sp³-hybridized carbons (Fsp3) is 0.500. The molecule has 0 bridgehead atoms. The molecule has 4 heteroatoms. The van der Waals surface area contributed by atoms with Crippen molar-refractivity contribution >= 4 is 11.7 Å². The first kappa shape index (κ1) is 12.5. The van der Waals surface area contributed by atoms with Crippen LogP contribution in [0, 0.1) is 0 Å². The van der Waals surface area contributed by atoms with Gasteiger partial charge in [0.05, 0.1) is 12.7 Å². The molecule has 0 radical (unpaired) electrons. The Bertz CT molecular complexity index is 367. The Kier molecular flexibility index (Phi) is 4.28. The van der Waals surface area contributed by atoms with Crippen molar-refractivity contribution in [1.29, 1.82) is 0 Å². The lowest BCUT2D eigenvalue weighted by atomic mass is 10.2. The largest absolute Gasteiger partial charge is 0.463 e. The average molecular weight is 222 g/mol. The molecule has 0 spiro atoms. The van der Waals surface area contributed by atoms with E-state index in [4.69, 9.17) is 4.74 Å². The van der Waals surface area contributed by atoms with Crippen molar-refractivity contribution in [3.63, 3.8) is 0 Å². The van der Waals surface area contributed by atoms with Crippen LogP contribution in [0.2, 0.25) is 0 Å². The molecule has 0 unspecified atom stereocenters. The van der Waals surface area contributed by atoms with Gasteiger partial charge < -0.3 is 9.64 Å². The number of aliphatic imine (C=N–C) groups is 1. The lowest BCUT2D eigenvalue weighted by Crippen LogP contribution is -2.24. The highest BCUT2D eigenvalue weighted by molar-refractivity contribution is 5.95. The van der Waals surface area contributed by atoms with Gasteiger partial charge in [0.15, 0.2) is 0 Å². The zero-order chi connectivity index (χ0) is 12.1. The van der Waals surface area contributed by atoms with Crippen molar-refractivity contribution in [2.75, 3.05) is 13.2 Å². The number of hydrogen-bond donors (Lipinski definition) is 0. The molecule has 1 aliphatic heterocycles. The molecule has 16 heavy (non-hydrogen) atoms. The Morgan fingerprint density at radius 3 is 2.75 bits per heavy atom. The fourth-order valence-electron chi connectivity index (χ4n) is 1.65. The van der Waals surface area contributed by atoms with E-state index in [1.165, 1.54) is 6.08 Å². The summed E-state index contributed by atoms with van der Waals surface area (Å²) in [5.74, 6) is 0.306. The second-order valence-corrected chi connectivity index (χ2v) is 3.54. The predicted molar refractivity (Wildman–Crippen MR) is 64.0 cm³/mol. The zero-order valence-corrected chi connectivity index (χ0v) is 10.3. The highest BCUT2D eigenvalue weighted by Crippen LogP contribution is 2.18. The first-order chi connectivity index (χ1) is 7.58. The van der Waals surface area contributed by atoms with E-state index in [1.54, 1.807) is 6.92 Å². The molecule has 0 aromatic heterocycles. The topological polar surface area (TPSA) is 41.9 Å². The molecule has 4 nitrogen and oxygen atoms in total. The molecule has 0 amide bonds. The van der Waals surface area contributed by atoms with Gasteiger partial charge in [-0.25, -0.2) is 9.79 Å². The Hall–Kier alpha value is -1.58. The van der Waals surface area contributed by atoms with Crippen molar-refractivity contribution < 1.29 is 9.53 Å². The highest BCUT2D eigenvalue weighted by Gasteiger charge is 2.15. The smallest absolute Gasteiger partial charge is 0.334 e. The maximum atomic E-state index is 11.4. The van der Waals surface area contributed by atoms with Gasteiger partial charge in [-0.05, 0) is 33.8 Å². The van der Waals surface area contributed by atoms with E-state index in [2.05, 4.69) is 4.99 Å². The number of allylic oxidation sites excluding steroid dienone is 2. The third kappa shape index (κ3) is 2.95. The summed E-state index contributed by atoms with van der Waals surface area (Å²) >= 11 is 0. The number of rotatable bonds is 3.